The molecule has 0 fully saturated rings. The summed E-state index contributed by atoms with van der Waals surface area (Å²) < 4.78 is 0. The maximum absolute atomic E-state index is 5.98. The van der Waals surface area contributed by atoms with E-state index in [2.05, 4.69) is 70.5 Å². The summed E-state index contributed by atoms with van der Waals surface area (Å²) in [5, 5.41) is 2.60. The van der Waals surface area contributed by atoms with Crippen LogP contribution >= 0.6 is 47.4 Å². The van der Waals surface area contributed by atoms with E-state index < -0.39 is 0 Å². The first-order valence-electron chi connectivity index (χ1n) is 9.22. The Kier molecular flexibility index (Phi) is 7.78. The van der Waals surface area contributed by atoms with Crippen molar-refractivity contribution in [2.24, 2.45) is 0 Å². The molecule has 6 heteroatoms. The third kappa shape index (κ3) is 4.39. The second-order valence-electron chi connectivity index (χ2n) is 6.58. The highest BCUT2D eigenvalue weighted by molar-refractivity contribution is 8.00. The maximum atomic E-state index is 5.98. The lowest BCUT2D eigenvalue weighted by Gasteiger charge is -2.35. The van der Waals surface area contributed by atoms with Crippen molar-refractivity contribution in [3.8, 4) is 0 Å². The molecule has 1 heterocycles. The van der Waals surface area contributed by atoms with Crippen molar-refractivity contribution in [3.05, 3.63) is 60.7 Å². The van der Waals surface area contributed by atoms with Crippen molar-refractivity contribution in [3.63, 3.8) is 0 Å². The molecule has 1 aliphatic heterocycles. The van der Waals surface area contributed by atoms with Gasteiger partial charge in [0, 0.05) is 47.7 Å². The van der Waals surface area contributed by atoms with Crippen molar-refractivity contribution in [2.45, 2.75) is 9.79 Å². The predicted octanol–water partition coefficient (Wildman–Crippen LogP) is 6.64. The van der Waals surface area contributed by atoms with E-state index in [0.29, 0.717) is 11.8 Å². The monoisotopic (exact) mass is 452 g/mol. The molecular formula is C22H23Cl3N2S. The smallest absolute Gasteiger partial charge is 0.0559 e. The van der Waals surface area contributed by atoms with Gasteiger partial charge >= 0.3 is 0 Å². The lowest BCUT2D eigenvalue weighted by Crippen LogP contribution is -2.36. The first-order valence-corrected chi connectivity index (χ1v) is 11.1. The predicted molar refractivity (Wildman–Crippen MR) is 127 cm³/mol. The van der Waals surface area contributed by atoms with Gasteiger partial charge < -0.3 is 4.90 Å². The Morgan fingerprint density at radius 3 is 2.29 bits per heavy atom. The fourth-order valence-corrected chi connectivity index (χ4v) is 5.32. The van der Waals surface area contributed by atoms with Gasteiger partial charge in [-0.25, -0.2) is 0 Å². The van der Waals surface area contributed by atoms with E-state index >= 15 is 0 Å². The molecule has 3 aromatic rings. The Balaban J connectivity index is 0.00000225. The minimum atomic E-state index is 0. The summed E-state index contributed by atoms with van der Waals surface area (Å²) >= 11 is 13.8. The fraction of sp³-hybridized carbons (Fsp3) is 0.273. The van der Waals surface area contributed by atoms with Crippen LogP contribution in [0.3, 0.4) is 0 Å². The van der Waals surface area contributed by atoms with Crippen LogP contribution in [0.4, 0.5) is 11.4 Å². The molecule has 0 amide bonds. The quantitative estimate of drug-likeness (QED) is 0.370. The number of halogens is 3. The van der Waals surface area contributed by atoms with E-state index in [1.807, 2.05) is 11.8 Å². The molecule has 0 N–H and O–H groups in total. The molecule has 1 aliphatic rings. The van der Waals surface area contributed by atoms with Crippen LogP contribution < -0.4 is 4.90 Å². The summed E-state index contributed by atoms with van der Waals surface area (Å²) in [4.78, 5) is 7.43. The second kappa shape index (κ2) is 10.1. The molecule has 148 valence electrons. The third-order valence-electron chi connectivity index (χ3n) is 4.96. The van der Waals surface area contributed by atoms with Gasteiger partial charge in [0.25, 0.3) is 0 Å². The van der Waals surface area contributed by atoms with E-state index in [4.69, 9.17) is 23.2 Å². The van der Waals surface area contributed by atoms with E-state index in [1.54, 1.807) is 0 Å². The van der Waals surface area contributed by atoms with E-state index in [0.717, 1.165) is 26.2 Å². The van der Waals surface area contributed by atoms with Crippen LogP contribution in [0.5, 0.6) is 0 Å². The highest BCUT2D eigenvalue weighted by Crippen LogP contribution is 2.50. The Morgan fingerprint density at radius 1 is 0.786 bits per heavy atom. The van der Waals surface area contributed by atoms with Gasteiger partial charge in [-0.2, -0.15) is 0 Å². The van der Waals surface area contributed by atoms with Crippen LogP contribution in [-0.4, -0.2) is 42.8 Å². The average Bonchev–Trinajstić information content (AvgIpc) is 2.71. The van der Waals surface area contributed by atoms with Gasteiger partial charge in [-0.1, -0.05) is 54.2 Å². The van der Waals surface area contributed by atoms with Crippen molar-refractivity contribution in [1.29, 1.82) is 0 Å². The van der Waals surface area contributed by atoms with Crippen molar-refractivity contribution in [2.75, 3.05) is 42.8 Å². The SMILES string of the molecule is Cl.ClCCN(CCCl)CCN1c2ccccc2Sc2c1ccc1ccccc21. The molecule has 28 heavy (non-hydrogen) atoms. The van der Waals surface area contributed by atoms with Crippen LogP contribution in [0.1, 0.15) is 0 Å². The number of nitrogens with zero attached hydrogens (tertiary/aromatic N) is 2. The van der Waals surface area contributed by atoms with Gasteiger partial charge in [-0.05, 0) is 29.0 Å². The molecule has 0 spiro atoms. The van der Waals surface area contributed by atoms with Crippen molar-refractivity contribution >= 4 is 69.5 Å². The number of hydrogen-bond donors (Lipinski definition) is 0. The minimum absolute atomic E-state index is 0. The van der Waals surface area contributed by atoms with Crippen LogP contribution in [0.2, 0.25) is 0 Å². The molecule has 0 saturated carbocycles. The molecule has 0 unspecified atom stereocenters. The summed E-state index contributed by atoms with van der Waals surface area (Å²) in [6.07, 6.45) is 0. The highest BCUT2D eigenvalue weighted by Gasteiger charge is 2.24. The molecule has 0 bridgehead atoms. The molecule has 4 rings (SSSR count). The number of para-hydroxylation sites is 1. The number of alkyl halides is 2. The van der Waals surface area contributed by atoms with Gasteiger partial charge in [0.1, 0.15) is 0 Å². The third-order valence-corrected chi connectivity index (χ3v) is 6.50. The van der Waals surface area contributed by atoms with E-state index in [1.165, 1.54) is 31.9 Å². The topological polar surface area (TPSA) is 6.48 Å². The second-order valence-corrected chi connectivity index (χ2v) is 8.38. The Labute approximate surface area is 187 Å². The van der Waals surface area contributed by atoms with Gasteiger partial charge in [0.05, 0.1) is 11.4 Å². The number of rotatable bonds is 7. The number of anilines is 2. The standard InChI is InChI=1S/C22H22Cl2N2S.ClH/c23-11-13-25(14-12-24)15-16-26-19-7-3-4-8-21(19)27-22-18-6-2-1-5-17(18)9-10-20(22)26;/h1-10H,11-16H2;1H. The van der Waals surface area contributed by atoms with Crippen molar-refractivity contribution < 1.29 is 0 Å². The molecule has 0 aliphatic carbocycles. The summed E-state index contributed by atoms with van der Waals surface area (Å²) in [7, 11) is 0. The van der Waals surface area contributed by atoms with Crippen LogP contribution in [0.15, 0.2) is 70.5 Å². The van der Waals surface area contributed by atoms with Crippen LogP contribution in [0.25, 0.3) is 10.8 Å². The number of hydrogen-bond acceptors (Lipinski definition) is 3. The van der Waals surface area contributed by atoms with E-state index in [-0.39, 0.29) is 12.4 Å². The summed E-state index contributed by atoms with van der Waals surface area (Å²) in [5.41, 5.74) is 2.57. The first-order chi connectivity index (χ1) is 13.3. The van der Waals surface area contributed by atoms with Gasteiger partial charge in [-0.3, -0.25) is 4.90 Å². The zero-order chi connectivity index (χ0) is 18.6. The summed E-state index contributed by atoms with van der Waals surface area (Å²) in [5.74, 6) is 1.26. The summed E-state index contributed by atoms with van der Waals surface area (Å²) in [6.45, 7) is 3.58. The van der Waals surface area contributed by atoms with Gasteiger partial charge in [-0.15, -0.1) is 35.6 Å². The van der Waals surface area contributed by atoms with E-state index in [9.17, 15) is 0 Å². The van der Waals surface area contributed by atoms with Crippen LogP contribution in [-0.2, 0) is 0 Å². The molecule has 2 nitrogen and oxygen atoms in total. The van der Waals surface area contributed by atoms with Crippen LogP contribution in [0, 0.1) is 0 Å². The molecule has 3 aromatic carbocycles. The minimum Gasteiger partial charge on any atom is -0.338 e. The summed E-state index contributed by atoms with van der Waals surface area (Å²) in [6, 6.07) is 21.8. The molecule has 0 radical (unpaired) electrons. The lowest BCUT2D eigenvalue weighted by atomic mass is 10.1. The van der Waals surface area contributed by atoms with Gasteiger partial charge in [0.2, 0.25) is 0 Å². The molecular weight excluding hydrogens is 431 g/mol. The Hall–Kier alpha value is -1.10. The normalized spacial score (nSPS) is 12.6. The van der Waals surface area contributed by atoms with Gasteiger partial charge in [0.15, 0.2) is 0 Å². The Bertz CT molecular complexity index is 929. The van der Waals surface area contributed by atoms with Crippen molar-refractivity contribution in [1.82, 2.24) is 4.90 Å². The number of fused-ring (bicyclic) bond motifs is 4. The average molecular weight is 454 g/mol. The highest BCUT2D eigenvalue weighted by atomic mass is 35.5. The number of benzene rings is 3. The zero-order valence-corrected chi connectivity index (χ0v) is 18.6. The molecule has 0 aromatic heterocycles. The maximum Gasteiger partial charge on any atom is 0.0559 e. The lowest BCUT2D eigenvalue weighted by molar-refractivity contribution is 0.315. The molecule has 0 saturated heterocycles. The Morgan fingerprint density at radius 2 is 1.50 bits per heavy atom. The molecule has 0 atom stereocenters. The first kappa shape index (κ1) is 21.6. The largest absolute Gasteiger partial charge is 0.338 e. The zero-order valence-electron chi connectivity index (χ0n) is 15.5. The fourth-order valence-electron chi connectivity index (χ4n) is 3.61.